The summed E-state index contributed by atoms with van der Waals surface area (Å²) in [5.41, 5.74) is 0.820. The van der Waals surface area contributed by atoms with Gasteiger partial charge in [0, 0.05) is 30.6 Å². The molecule has 20 heavy (non-hydrogen) atoms. The SMILES string of the molecule is CCn1nc(C)c(C2(C(=O)O)CCC(F)(F)CC2)c1C. The van der Waals surface area contributed by atoms with Gasteiger partial charge in [-0.25, -0.2) is 8.78 Å². The molecule has 1 N–H and O–H groups in total. The van der Waals surface area contributed by atoms with Crippen LogP contribution in [0.2, 0.25) is 0 Å². The zero-order valence-electron chi connectivity index (χ0n) is 12.0. The number of alkyl halides is 2. The lowest BCUT2D eigenvalue weighted by atomic mass is 9.67. The summed E-state index contributed by atoms with van der Waals surface area (Å²) < 4.78 is 28.5. The first-order valence-electron chi connectivity index (χ1n) is 6.89. The van der Waals surface area contributed by atoms with Crippen LogP contribution in [0.4, 0.5) is 8.78 Å². The summed E-state index contributed by atoms with van der Waals surface area (Å²) in [6, 6.07) is 0. The Morgan fingerprint density at radius 3 is 2.25 bits per heavy atom. The largest absolute Gasteiger partial charge is 0.481 e. The van der Waals surface area contributed by atoms with Crippen LogP contribution in [0.1, 0.15) is 49.6 Å². The highest BCUT2D eigenvalue weighted by Gasteiger charge is 2.51. The van der Waals surface area contributed by atoms with Crippen molar-refractivity contribution in [2.75, 3.05) is 0 Å². The van der Waals surface area contributed by atoms with Gasteiger partial charge in [-0.3, -0.25) is 9.48 Å². The minimum Gasteiger partial charge on any atom is -0.481 e. The number of carboxylic acids is 1. The molecule has 0 saturated heterocycles. The molecule has 1 saturated carbocycles. The molecule has 1 aliphatic rings. The van der Waals surface area contributed by atoms with E-state index in [1.54, 1.807) is 11.6 Å². The molecule has 0 bridgehead atoms. The third-order valence-electron chi connectivity index (χ3n) is 4.40. The van der Waals surface area contributed by atoms with E-state index in [1.165, 1.54) is 0 Å². The monoisotopic (exact) mass is 286 g/mol. The Bertz CT molecular complexity index is 528. The lowest BCUT2D eigenvalue weighted by Crippen LogP contribution is -2.43. The van der Waals surface area contributed by atoms with E-state index in [0.717, 1.165) is 5.69 Å². The van der Waals surface area contributed by atoms with Gasteiger partial charge in [-0.05, 0) is 33.6 Å². The number of aromatic nitrogens is 2. The second-order valence-electron chi connectivity index (χ2n) is 5.60. The first-order valence-corrected chi connectivity index (χ1v) is 6.89. The Balaban J connectivity index is 2.50. The quantitative estimate of drug-likeness (QED) is 0.929. The Labute approximate surface area is 116 Å². The van der Waals surface area contributed by atoms with Gasteiger partial charge in [0.05, 0.1) is 11.1 Å². The normalized spacial score (nSPS) is 20.9. The molecule has 2 rings (SSSR count). The third-order valence-corrected chi connectivity index (χ3v) is 4.40. The third kappa shape index (κ3) is 2.21. The first-order chi connectivity index (χ1) is 9.23. The summed E-state index contributed by atoms with van der Waals surface area (Å²) in [7, 11) is 0. The van der Waals surface area contributed by atoms with Gasteiger partial charge in [-0.15, -0.1) is 0 Å². The van der Waals surface area contributed by atoms with Crippen LogP contribution in [0.15, 0.2) is 0 Å². The van der Waals surface area contributed by atoms with Crippen LogP contribution < -0.4 is 0 Å². The van der Waals surface area contributed by atoms with Gasteiger partial charge in [0.1, 0.15) is 0 Å². The number of carbonyl (C=O) groups is 1. The van der Waals surface area contributed by atoms with Crippen LogP contribution >= 0.6 is 0 Å². The molecule has 1 aromatic rings. The lowest BCUT2D eigenvalue weighted by molar-refractivity contribution is -0.149. The highest BCUT2D eigenvalue weighted by Crippen LogP contribution is 2.47. The number of hydrogen-bond acceptors (Lipinski definition) is 2. The molecule has 1 fully saturated rings. The zero-order chi connectivity index (χ0) is 15.1. The number of aryl methyl sites for hydroxylation is 2. The fourth-order valence-corrected chi connectivity index (χ4v) is 3.31. The molecule has 4 nitrogen and oxygen atoms in total. The van der Waals surface area contributed by atoms with Gasteiger partial charge in [-0.1, -0.05) is 0 Å². The molecule has 0 aliphatic heterocycles. The maximum atomic E-state index is 13.4. The predicted octanol–water partition coefficient (Wildman–Crippen LogP) is 3.05. The minimum atomic E-state index is -2.75. The number of rotatable bonds is 3. The average Bonchev–Trinajstić information content (AvgIpc) is 2.65. The highest BCUT2D eigenvalue weighted by atomic mass is 19.3. The maximum absolute atomic E-state index is 13.4. The van der Waals surface area contributed by atoms with E-state index < -0.39 is 17.3 Å². The van der Waals surface area contributed by atoms with E-state index >= 15 is 0 Å². The average molecular weight is 286 g/mol. The molecule has 6 heteroatoms. The maximum Gasteiger partial charge on any atom is 0.314 e. The highest BCUT2D eigenvalue weighted by molar-refractivity contribution is 5.82. The Morgan fingerprint density at radius 2 is 1.85 bits per heavy atom. The van der Waals surface area contributed by atoms with Gasteiger partial charge in [0.15, 0.2) is 0 Å². The summed E-state index contributed by atoms with van der Waals surface area (Å²) in [5.74, 6) is -3.77. The van der Waals surface area contributed by atoms with Crippen molar-refractivity contribution in [2.24, 2.45) is 0 Å². The van der Waals surface area contributed by atoms with Crippen molar-refractivity contribution in [3.05, 3.63) is 17.0 Å². The van der Waals surface area contributed by atoms with Gasteiger partial charge in [0.2, 0.25) is 5.92 Å². The summed E-state index contributed by atoms with van der Waals surface area (Å²) in [6.45, 7) is 6.13. The van der Waals surface area contributed by atoms with Crippen molar-refractivity contribution in [1.82, 2.24) is 9.78 Å². The van der Waals surface area contributed by atoms with Gasteiger partial charge >= 0.3 is 5.97 Å². The number of halogens is 2. The molecule has 0 aromatic carbocycles. The van der Waals surface area contributed by atoms with Crippen molar-refractivity contribution in [2.45, 2.75) is 64.3 Å². The molecule has 112 valence electrons. The molecule has 1 aromatic heterocycles. The van der Waals surface area contributed by atoms with Crippen LogP contribution in [-0.4, -0.2) is 26.8 Å². The molecule has 1 aliphatic carbocycles. The van der Waals surface area contributed by atoms with Gasteiger partial charge in [0.25, 0.3) is 0 Å². The predicted molar refractivity (Wildman–Crippen MR) is 70.1 cm³/mol. The van der Waals surface area contributed by atoms with Gasteiger partial charge in [-0.2, -0.15) is 5.10 Å². The zero-order valence-corrected chi connectivity index (χ0v) is 12.0. The van der Waals surface area contributed by atoms with E-state index in [-0.39, 0.29) is 25.7 Å². The molecular weight excluding hydrogens is 266 g/mol. The number of hydrogen-bond donors (Lipinski definition) is 1. The Kier molecular flexibility index (Phi) is 3.60. The van der Waals surface area contributed by atoms with E-state index in [9.17, 15) is 18.7 Å². The second kappa shape index (κ2) is 4.82. The molecular formula is C14H20F2N2O2. The number of carboxylic acid groups (broad SMARTS) is 1. The summed E-state index contributed by atoms with van der Waals surface area (Å²) in [6.07, 6.45) is -0.830. The van der Waals surface area contributed by atoms with Crippen LogP contribution in [0.25, 0.3) is 0 Å². The van der Waals surface area contributed by atoms with Crippen LogP contribution in [-0.2, 0) is 16.8 Å². The standard InChI is InChI=1S/C14H20F2N2O2/c1-4-18-10(3)11(9(2)17-18)13(12(19)20)5-7-14(15,16)8-6-13/h4-8H2,1-3H3,(H,19,20). The smallest absolute Gasteiger partial charge is 0.314 e. The number of nitrogens with zero attached hydrogens (tertiary/aromatic N) is 2. The molecule has 0 radical (unpaired) electrons. The van der Waals surface area contributed by atoms with Crippen molar-refractivity contribution in [3.63, 3.8) is 0 Å². The molecule has 0 unspecified atom stereocenters. The molecule has 0 amide bonds. The van der Waals surface area contributed by atoms with Gasteiger partial charge < -0.3 is 5.11 Å². The van der Waals surface area contributed by atoms with E-state index in [1.807, 2.05) is 13.8 Å². The molecule has 0 spiro atoms. The minimum absolute atomic E-state index is 0.0353. The van der Waals surface area contributed by atoms with Crippen molar-refractivity contribution in [3.8, 4) is 0 Å². The lowest BCUT2D eigenvalue weighted by Gasteiger charge is -2.37. The van der Waals surface area contributed by atoms with Crippen molar-refractivity contribution >= 4 is 5.97 Å². The van der Waals surface area contributed by atoms with E-state index in [0.29, 0.717) is 17.8 Å². The van der Waals surface area contributed by atoms with Crippen LogP contribution in [0, 0.1) is 13.8 Å². The number of aliphatic carboxylic acids is 1. The Hall–Kier alpha value is -1.46. The first kappa shape index (κ1) is 14.9. The van der Waals surface area contributed by atoms with Crippen molar-refractivity contribution in [1.29, 1.82) is 0 Å². The fraction of sp³-hybridized carbons (Fsp3) is 0.714. The Morgan fingerprint density at radius 1 is 1.30 bits per heavy atom. The van der Waals surface area contributed by atoms with E-state index in [2.05, 4.69) is 5.10 Å². The molecule has 1 heterocycles. The van der Waals surface area contributed by atoms with Crippen LogP contribution in [0.5, 0.6) is 0 Å². The van der Waals surface area contributed by atoms with E-state index in [4.69, 9.17) is 0 Å². The summed E-state index contributed by atoms with van der Waals surface area (Å²) >= 11 is 0. The second-order valence-corrected chi connectivity index (χ2v) is 5.60. The molecule has 0 atom stereocenters. The van der Waals surface area contributed by atoms with Crippen molar-refractivity contribution < 1.29 is 18.7 Å². The summed E-state index contributed by atoms with van der Waals surface area (Å²) in [5, 5.41) is 14.0. The summed E-state index contributed by atoms with van der Waals surface area (Å²) in [4.78, 5) is 11.8. The fourth-order valence-electron chi connectivity index (χ4n) is 3.31. The topological polar surface area (TPSA) is 55.1 Å². The van der Waals surface area contributed by atoms with Crippen LogP contribution in [0.3, 0.4) is 0 Å².